The average molecular weight is 241 g/mol. The Morgan fingerprint density at radius 1 is 1.29 bits per heavy atom. The molecule has 0 radical (unpaired) electrons. The van der Waals surface area contributed by atoms with Gasteiger partial charge in [-0.3, -0.25) is 4.79 Å². The molecule has 2 atom stereocenters. The largest absolute Gasteiger partial charge is 0.468 e. The predicted octanol–water partition coefficient (Wildman–Crippen LogP) is 2.87. The van der Waals surface area contributed by atoms with Gasteiger partial charge in [0, 0.05) is 0 Å². The third-order valence-corrected chi connectivity index (χ3v) is 3.93. The normalized spacial score (nSPS) is 20.9. The number of nitrogens with two attached hydrogens (primary N) is 1. The first-order valence-corrected chi connectivity index (χ1v) is 6.97. The molecule has 0 aromatic heterocycles. The molecule has 1 rings (SSSR count). The van der Waals surface area contributed by atoms with Crippen molar-refractivity contribution < 1.29 is 9.53 Å². The molecule has 0 saturated heterocycles. The SMILES string of the molecule is COC(=O)C(N)CCC(C)CC1CCCCC1. The summed E-state index contributed by atoms with van der Waals surface area (Å²) in [7, 11) is 1.40. The Bertz CT molecular complexity index is 224. The van der Waals surface area contributed by atoms with E-state index in [-0.39, 0.29) is 5.97 Å². The van der Waals surface area contributed by atoms with E-state index in [4.69, 9.17) is 5.73 Å². The highest BCUT2D eigenvalue weighted by atomic mass is 16.5. The van der Waals surface area contributed by atoms with Crippen molar-refractivity contribution in [1.82, 2.24) is 0 Å². The first kappa shape index (κ1) is 14.5. The lowest BCUT2D eigenvalue weighted by Gasteiger charge is -2.25. The van der Waals surface area contributed by atoms with E-state index in [9.17, 15) is 4.79 Å². The zero-order valence-electron chi connectivity index (χ0n) is 11.3. The molecule has 1 aliphatic rings. The summed E-state index contributed by atoms with van der Waals surface area (Å²) in [5.41, 5.74) is 5.73. The van der Waals surface area contributed by atoms with Gasteiger partial charge in [-0.2, -0.15) is 0 Å². The third kappa shape index (κ3) is 5.53. The maximum atomic E-state index is 11.2. The minimum absolute atomic E-state index is 0.283. The van der Waals surface area contributed by atoms with Gasteiger partial charge in [-0.1, -0.05) is 39.0 Å². The highest BCUT2D eigenvalue weighted by Gasteiger charge is 2.19. The van der Waals surface area contributed by atoms with E-state index in [1.165, 1.54) is 45.6 Å². The summed E-state index contributed by atoms with van der Waals surface area (Å²) in [5.74, 6) is 1.30. The number of ether oxygens (including phenoxy) is 1. The van der Waals surface area contributed by atoms with Crippen LogP contribution in [0.25, 0.3) is 0 Å². The van der Waals surface area contributed by atoms with Crippen LogP contribution in [0.4, 0.5) is 0 Å². The number of carbonyl (C=O) groups is 1. The minimum atomic E-state index is -0.436. The van der Waals surface area contributed by atoms with Crippen molar-refractivity contribution in [1.29, 1.82) is 0 Å². The molecule has 0 amide bonds. The topological polar surface area (TPSA) is 52.3 Å². The molecule has 0 aromatic rings. The van der Waals surface area contributed by atoms with Crippen molar-refractivity contribution >= 4 is 5.97 Å². The van der Waals surface area contributed by atoms with E-state index in [2.05, 4.69) is 11.7 Å². The summed E-state index contributed by atoms with van der Waals surface area (Å²) in [6.07, 6.45) is 10.1. The molecular weight excluding hydrogens is 214 g/mol. The molecule has 17 heavy (non-hydrogen) atoms. The number of methoxy groups -OCH3 is 1. The Kier molecular flexibility index (Phi) is 6.56. The number of carbonyl (C=O) groups excluding carboxylic acids is 1. The summed E-state index contributed by atoms with van der Waals surface area (Å²) in [6.45, 7) is 2.28. The van der Waals surface area contributed by atoms with Gasteiger partial charge in [0.25, 0.3) is 0 Å². The van der Waals surface area contributed by atoms with Gasteiger partial charge < -0.3 is 10.5 Å². The van der Waals surface area contributed by atoms with E-state index < -0.39 is 6.04 Å². The van der Waals surface area contributed by atoms with Crippen LogP contribution in [0.15, 0.2) is 0 Å². The second-order valence-electron chi connectivity index (χ2n) is 5.55. The Labute approximate surface area is 105 Å². The Morgan fingerprint density at radius 2 is 1.94 bits per heavy atom. The highest BCUT2D eigenvalue weighted by Crippen LogP contribution is 2.30. The van der Waals surface area contributed by atoms with Crippen molar-refractivity contribution in [3.05, 3.63) is 0 Å². The Hall–Kier alpha value is -0.570. The molecule has 1 aliphatic carbocycles. The lowest BCUT2D eigenvalue weighted by Crippen LogP contribution is -2.31. The van der Waals surface area contributed by atoms with Crippen LogP contribution in [0.5, 0.6) is 0 Å². The number of hydrogen-bond acceptors (Lipinski definition) is 3. The number of hydrogen-bond donors (Lipinski definition) is 1. The molecule has 100 valence electrons. The molecular formula is C14H27NO2. The number of esters is 1. The van der Waals surface area contributed by atoms with E-state index in [1.54, 1.807) is 0 Å². The lowest BCUT2D eigenvalue weighted by molar-refractivity contribution is -0.142. The molecule has 1 fully saturated rings. The third-order valence-electron chi connectivity index (χ3n) is 3.93. The van der Waals surface area contributed by atoms with E-state index in [0.29, 0.717) is 5.92 Å². The van der Waals surface area contributed by atoms with Crippen LogP contribution >= 0.6 is 0 Å². The van der Waals surface area contributed by atoms with Crippen molar-refractivity contribution in [3.63, 3.8) is 0 Å². The Morgan fingerprint density at radius 3 is 2.53 bits per heavy atom. The second-order valence-corrected chi connectivity index (χ2v) is 5.55. The molecule has 1 saturated carbocycles. The summed E-state index contributed by atoms with van der Waals surface area (Å²) >= 11 is 0. The summed E-state index contributed by atoms with van der Waals surface area (Å²) in [4.78, 5) is 11.2. The molecule has 0 aromatic carbocycles. The van der Waals surface area contributed by atoms with E-state index in [1.807, 2.05) is 0 Å². The van der Waals surface area contributed by atoms with Crippen molar-refractivity contribution in [2.24, 2.45) is 17.6 Å². The van der Waals surface area contributed by atoms with Crippen LogP contribution in [0.3, 0.4) is 0 Å². The van der Waals surface area contributed by atoms with Crippen LogP contribution < -0.4 is 5.73 Å². The monoisotopic (exact) mass is 241 g/mol. The predicted molar refractivity (Wildman–Crippen MR) is 69.6 cm³/mol. The fourth-order valence-electron chi connectivity index (χ4n) is 2.84. The van der Waals surface area contributed by atoms with Crippen LogP contribution in [0.2, 0.25) is 0 Å². The molecule has 3 nitrogen and oxygen atoms in total. The summed E-state index contributed by atoms with van der Waals surface area (Å²) in [5, 5.41) is 0. The van der Waals surface area contributed by atoms with Gasteiger partial charge in [0.05, 0.1) is 7.11 Å². The molecule has 2 N–H and O–H groups in total. The maximum Gasteiger partial charge on any atom is 0.322 e. The first-order valence-electron chi connectivity index (χ1n) is 6.97. The van der Waals surface area contributed by atoms with Crippen molar-refractivity contribution in [2.75, 3.05) is 7.11 Å². The van der Waals surface area contributed by atoms with Crippen molar-refractivity contribution in [2.45, 2.75) is 64.3 Å². The van der Waals surface area contributed by atoms with Gasteiger partial charge in [0.2, 0.25) is 0 Å². The average Bonchev–Trinajstić information content (AvgIpc) is 2.36. The van der Waals surface area contributed by atoms with Gasteiger partial charge >= 0.3 is 5.97 Å². The van der Waals surface area contributed by atoms with Gasteiger partial charge in [-0.05, 0) is 31.1 Å². The van der Waals surface area contributed by atoms with Crippen molar-refractivity contribution in [3.8, 4) is 0 Å². The smallest absolute Gasteiger partial charge is 0.322 e. The fraction of sp³-hybridized carbons (Fsp3) is 0.929. The zero-order valence-corrected chi connectivity index (χ0v) is 11.3. The molecule has 0 bridgehead atoms. The molecule has 2 unspecified atom stereocenters. The second kappa shape index (κ2) is 7.70. The Balaban J connectivity index is 2.15. The van der Waals surface area contributed by atoms with Crippen LogP contribution in [-0.2, 0) is 9.53 Å². The fourth-order valence-corrected chi connectivity index (χ4v) is 2.84. The zero-order chi connectivity index (χ0) is 12.7. The molecule has 3 heteroatoms. The first-order chi connectivity index (χ1) is 8.13. The van der Waals surface area contributed by atoms with Crippen LogP contribution in [-0.4, -0.2) is 19.1 Å². The minimum Gasteiger partial charge on any atom is -0.468 e. The quantitative estimate of drug-likeness (QED) is 0.727. The van der Waals surface area contributed by atoms with Crippen LogP contribution in [0.1, 0.15) is 58.3 Å². The van der Waals surface area contributed by atoms with E-state index in [0.717, 1.165) is 18.8 Å². The standard InChI is InChI=1S/C14H27NO2/c1-11(8-9-13(15)14(16)17-2)10-12-6-4-3-5-7-12/h11-13H,3-10,15H2,1-2H3. The number of rotatable bonds is 6. The van der Waals surface area contributed by atoms with Gasteiger partial charge in [0.15, 0.2) is 0 Å². The maximum absolute atomic E-state index is 11.2. The molecule has 0 aliphatic heterocycles. The lowest BCUT2D eigenvalue weighted by atomic mass is 9.82. The molecule has 0 spiro atoms. The highest BCUT2D eigenvalue weighted by molar-refractivity contribution is 5.75. The van der Waals surface area contributed by atoms with E-state index >= 15 is 0 Å². The summed E-state index contributed by atoms with van der Waals surface area (Å²) in [6, 6.07) is -0.436. The van der Waals surface area contributed by atoms with Gasteiger partial charge in [-0.25, -0.2) is 0 Å². The van der Waals surface area contributed by atoms with Gasteiger partial charge in [-0.15, -0.1) is 0 Å². The molecule has 0 heterocycles. The van der Waals surface area contributed by atoms with Crippen LogP contribution in [0, 0.1) is 11.8 Å². The summed E-state index contributed by atoms with van der Waals surface area (Å²) < 4.78 is 4.63. The van der Waals surface area contributed by atoms with Gasteiger partial charge in [0.1, 0.15) is 6.04 Å².